The topological polar surface area (TPSA) is 108 Å². The molecule has 0 heterocycles. The molecule has 33 heavy (non-hydrogen) atoms. The molecule has 4 aromatic rings. The van der Waals surface area contributed by atoms with E-state index in [9.17, 15) is 18.3 Å². The number of sulfonamides is 1. The zero-order valence-corrected chi connectivity index (χ0v) is 18.1. The number of phenols is 1. The fourth-order valence-corrected chi connectivity index (χ4v) is 4.27. The standard InChI is InChI=1S/C25H19N3O4S/c29-24(16-15-18-9-3-1-4-10-18)27-26-23-17-22(20-13-7-8-14-21(20)25(23)30)28-33(31,32)19-11-5-2-6-12-19/h1-17,28,30H/b16-15+,27-26?. The summed E-state index contributed by atoms with van der Waals surface area (Å²) >= 11 is 0. The maximum Gasteiger partial charge on any atom is 0.288 e. The average molecular weight is 458 g/mol. The van der Waals surface area contributed by atoms with E-state index >= 15 is 0 Å². The Morgan fingerprint density at radius 3 is 2.15 bits per heavy atom. The number of phenolic OH excluding ortho intramolecular Hbond substituents is 1. The first-order valence-electron chi connectivity index (χ1n) is 9.95. The first-order chi connectivity index (χ1) is 15.9. The summed E-state index contributed by atoms with van der Waals surface area (Å²) in [6, 6.07) is 25.2. The number of carbonyl (C=O) groups excluding carboxylic acids is 1. The third-order valence-corrected chi connectivity index (χ3v) is 6.15. The number of nitrogens with one attached hydrogen (secondary N) is 1. The van der Waals surface area contributed by atoms with Crippen LogP contribution in [0.2, 0.25) is 0 Å². The Morgan fingerprint density at radius 1 is 0.848 bits per heavy atom. The van der Waals surface area contributed by atoms with Crippen molar-refractivity contribution < 1.29 is 18.3 Å². The minimum atomic E-state index is -3.89. The lowest BCUT2D eigenvalue weighted by molar-refractivity contribution is -0.113. The van der Waals surface area contributed by atoms with Crippen LogP contribution in [0, 0.1) is 0 Å². The van der Waals surface area contributed by atoms with Gasteiger partial charge < -0.3 is 5.11 Å². The quantitative estimate of drug-likeness (QED) is 0.221. The van der Waals surface area contributed by atoms with E-state index in [1.54, 1.807) is 48.5 Å². The molecule has 0 atom stereocenters. The molecule has 2 N–H and O–H groups in total. The molecule has 7 nitrogen and oxygen atoms in total. The van der Waals surface area contributed by atoms with Crippen LogP contribution < -0.4 is 4.72 Å². The molecule has 164 valence electrons. The van der Waals surface area contributed by atoms with Crippen molar-refractivity contribution in [3.05, 3.63) is 103 Å². The molecule has 0 unspecified atom stereocenters. The van der Waals surface area contributed by atoms with E-state index in [4.69, 9.17) is 0 Å². The van der Waals surface area contributed by atoms with E-state index in [-0.39, 0.29) is 22.0 Å². The van der Waals surface area contributed by atoms with E-state index in [1.807, 2.05) is 30.3 Å². The van der Waals surface area contributed by atoms with Gasteiger partial charge in [0.1, 0.15) is 5.69 Å². The fourth-order valence-electron chi connectivity index (χ4n) is 3.18. The number of anilines is 1. The summed E-state index contributed by atoms with van der Waals surface area (Å²) in [6.07, 6.45) is 2.86. The molecule has 0 saturated carbocycles. The fraction of sp³-hybridized carbons (Fsp3) is 0. The molecule has 0 aliphatic carbocycles. The van der Waals surface area contributed by atoms with Crippen LogP contribution in [0.5, 0.6) is 5.75 Å². The number of rotatable bonds is 6. The molecule has 1 amide bonds. The molecule has 0 bridgehead atoms. The lowest BCUT2D eigenvalue weighted by Crippen LogP contribution is -2.13. The van der Waals surface area contributed by atoms with Gasteiger partial charge in [0.15, 0.2) is 5.75 Å². The number of azo groups is 1. The highest BCUT2D eigenvalue weighted by Crippen LogP contribution is 2.40. The molecule has 0 spiro atoms. The Labute approximate surface area is 190 Å². The SMILES string of the molecule is O=C(/C=C/c1ccccc1)N=Nc1cc(NS(=O)(=O)c2ccccc2)c2ccccc2c1O. The van der Waals surface area contributed by atoms with Crippen LogP contribution in [0.3, 0.4) is 0 Å². The average Bonchev–Trinajstić information content (AvgIpc) is 2.85. The number of aromatic hydroxyl groups is 1. The lowest BCUT2D eigenvalue weighted by Gasteiger charge is -2.13. The van der Waals surface area contributed by atoms with Crippen molar-refractivity contribution in [1.29, 1.82) is 0 Å². The number of hydrogen-bond acceptors (Lipinski definition) is 5. The van der Waals surface area contributed by atoms with Crippen LogP contribution >= 0.6 is 0 Å². The molecular weight excluding hydrogens is 438 g/mol. The molecule has 0 aliphatic rings. The Balaban J connectivity index is 1.68. The second-order valence-corrected chi connectivity index (χ2v) is 8.72. The normalized spacial score (nSPS) is 11.9. The minimum Gasteiger partial charge on any atom is -0.505 e. The van der Waals surface area contributed by atoms with Crippen LogP contribution in [-0.4, -0.2) is 19.4 Å². The van der Waals surface area contributed by atoms with E-state index < -0.39 is 15.9 Å². The highest BCUT2D eigenvalue weighted by Gasteiger charge is 2.18. The lowest BCUT2D eigenvalue weighted by atomic mass is 10.1. The summed E-state index contributed by atoms with van der Waals surface area (Å²) in [6.45, 7) is 0. The van der Waals surface area contributed by atoms with Crippen LogP contribution in [0.1, 0.15) is 5.56 Å². The third kappa shape index (κ3) is 5.13. The van der Waals surface area contributed by atoms with Crippen molar-refractivity contribution in [3.63, 3.8) is 0 Å². The largest absolute Gasteiger partial charge is 0.505 e. The van der Waals surface area contributed by atoms with Crippen LogP contribution in [-0.2, 0) is 14.8 Å². The van der Waals surface area contributed by atoms with Crippen LogP contribution in [0.25, 0.3) is 16.8 Å². The van der Waals surface area contributed by atoms with Gasteiger partial charge in [-0.2, -0.15) is 0 Å². The first-order valence-corrected chi connectivity index (χ1v) is 11.4. The molecule has 0 aliphatic heterocycles. The predicted octanol–water partition coefficient (Wildman–Crippen LogP) is 5.67. The monoisotopic (exact) mass is 457 g/mol. The van der Waals surface area contributed by atoms with Gasteiger partial charge in [0.25, 0.3) is 15.9 Å². The Bertz CT molecular complexity index is 1470. The highest BCUT2D eigenvalue weighted by atomic mass is 32.2. The molecule has 4 aromatic carbocycles. The van der Waals surface area contributed by atoms with Crippen molar-refractivity contribution in [1.82, 2.24) is 0 Å². The number of nitrogens with zero attached hydrogens (tertiary/aromatic N) is 2. The van der Waals surface area contributed by atoms with Gasteiger partial charge in [0.05, 0.1) is 10.6 Å². The number of hydrogen-bond donors (Lipinski definition) is 2. The summed E-state index contributed by atoms with van der Waals surface area (Å²) in [4.78, 5) is 12.2. The number of fused-ring (bicyclic) bond motifs is 1. The molecule has 0 radical (unpaired) electrons. The summed E-state index contributed by atoms with van der Waals surface area (Å²) in [5, 5.41) is 19.0. The summed E-state index contributed by atoms with van der Waals surface area (Å²) in [5.74, 6) is -0.838. The van der Waals surface area contributed by atoms with Crippen LogP contribution in [0.4, 0.5) is 11.4 Å². The van der Waals surface area contributed by atoms with Gasteiger partial charge in [-0.25, -0.2) is 8.42 Å². The Morgan fingerprint density at radius 2 is 1.45 bits per heavy atom. The van der Waals surface area contributed by atoms with E-state index in [0.29, 0.717) is 10.8 Å². The molecule has 4 rings (SSSR count). The molecule has 8 heteroatoms. The minimum absolute atomic E-state index is 0.0408. The van der Waals surface area contributed by atoms with Crippen LogP contribution in [0.15, 0.2) is 112 Å². The van der Waals surface area contributed by atoms with Gasteiger partial charge in [-0.3, -0.25) is 9.52 Å². The van der Waals surface area contributed by atoms with Crippen molar-refractivity contribution >= 4 is 44.2 Å². The van der Waals surface area contributed by atoms with Crippen molar-refractivity contribution in [2.24, 2.45) is 10.2 Å². The first kappa shape index (κ1) is 21.9. The number of benzene rings is 4. The molecule has 0 aromatic heterocycles. The zero-order valence-electron chi connectivity index (χ0n) is 17.3. The smallest absolute Gasteiger partial charge is 0.288 e. The van der Waals surface area contributed by atoms with E-state index in [0.717, 1.165) is 5.56 Å². The van der Waals surface area contributed by atoms with E-state index in [2.05, 4.69) is 15.0 Å². The second kappa shape index (κ2) is 9.46. The maximum absolute atomic E-state index is 12.8. The maximum atomic E-state index is 12.8. The van der Waals surface area contributed by atoms with Crippen molar-refractivity contribution in [3.8, 4) is 5.75 Å². The summed E-state index contributed by atoms with van der Waals surface area (Å²) in [7, 11) is -3.89. The van der Waals surface area contributed by atoms with Gasteiger partial charge in [-0.15, -0.1) is 10.2 Å². The van der Waals surface area contributed by atoms with E-state index in [1.165, 1.54) is 24.3 Å². The van der Waals surface area contributed by atoms with Crippen molar-refractivity contribution in [2.45, 2.75) is 4.90 Å². The van der Waals surface area contributed by atoms with Crippen molar-refractivity contribution in [2.75, 3.05) is 4.72 Å². The second-order valence-electron chi connectivity index (χ2n) is 7.04. The summed E-state index contributed by atoms with van der Waals surface area (Å²) in [5.41, 5.74) is 0.988. The molecule has 0 saturated heterocycles. The summed E-state index contributed by atoms with van der Waals surface area (Å²) < 4.78 is 28.2. The zero-order chi connectivity index (χ0) is 23.3. The van der Waals surface area contributed by atoms with Gasteiger partial charge in [0, 0.05) is 16.8 Å². The van der Waals surface area contributed by atoms with Gasteiger partial charge in [-0.1, -0.05) is 72.8 Å². The predicted molar refractivity (Wildman–Crippen MR) is 128 cm³/mol. The number of carbonyl (C=O) groups is 1. The Kier molecular flexibility index (Phi) is 6.28. The highest BCUT2D eigenvalue weighted by molar-refractivity contribution is 7.92. The molecular formula is C25H19N3O4S. The Hall–Kier alpha value is -4.30. The third-order valence-electron chi connectivity index (χ3n) is 4.77. The van der Waals surface area contributed by atoms with Gasteiger partial charge in [0.2, 0.25) is 0 Å². The molecule has 0 fully saturated rings. The van der Waals surface area contributed by atoms with Gasteiger partial charge >= 0.3 is 0 Å². The number of amides is 1. The van der Waals surface area contributed by atoms with Gasteiger partial charge in [-0.05, 0) is 29.8 Å².